The monoisotopic (exact) mass is 281 g/mol. The summed E-state index contributed by atoms with van der Waals surface area (Å²) in [5, 5.41) is 9.70. The van der Waals surface area contributed by atoms with E-state index in [2.05, 4.69) is 5.43 Å². The van der Waals surface area contributed by atoms with E-state index in [1.54, 1.807) is 38.1 Å². The molecule has 0 bridgehead atoms. The molecule has 1 aromatic rings. The lowest BCUT2D eigenvalue weighted by atomic mass is 10.1. The molecule has 0 unspecified atom stereocenters. The van der Waals surface area contributed by atoms with Gasteiger partial charge in [-0.15, -0.1) is 0 Å². The number of nitrogens with zero attached hydrogens (tertiary/aromatic N) is 1. The number of likely N-dealkylation sites (N-methyl/N-ethyl adjacent to an activating group) is 1. The van der Waals surface area contributed by atoms with E-state index in [1.807, 2.05) is 11.9 Å². The summed E-state index contributed by atoms with van der Waals surface area (Å²) < 4.78 is 5.61. The molecule has 6 heteroatoms. The third-order valence-corrected chi connectivity index (χ3v) is 2.65. The number of hydrogen-bond acceptors (Lipinski definition) is 5. The van der Waals surface area contributed by atoms with Crippen LogP contribution in [0.4, 0.5) is 0 Å². The first-order chi connectivity index (χ1) is 9.33. The largest absolute Gasteiger partial charge is 0.491 e. The van der Waals surface area contributed by atoms with Crippen LogP contribution in [0.3, 0.4) is 0 Å². The number of nitrogens with one attached hydrogen (secondary N) is 1. The average Bonchev–Trinajstić information content (AvgIpc) is 2.36. The van der Waals surface area contributed by atoms with Crippen molar-refractivity contribution in [2.75, 3.05) is 26.7 Å². The molecule has 0 heterocycles. The number of amides is 1. The molecule has 0 aliphatic heterocycles. The molecule has 1 aromatic carbocycles. The van der Waals surface area contributed by atoms with E-state index < -0.39 is 5.60 Å². The number of carbonyl (C=O) groups is 1. The summed E-state index contributed by atoms with van der Waals surface area (Å²) in [6.07, 6.45) is 0. The number of aliphatic hydroxyl groups is 1. The van der Waals surface area contributed by atoms with Gasteiger partial charge in [0.25, 0.3) is 5.91 Å². The first-order valence-corrected chi connectivity index (χ1v) is 6.47. The van der Waals surface area contributed by atoms with E-state index in [4.69, 9.17) is 10.6 Å². The number of benzene rings is 1. The predicted molar refractivity (Wildman–Crippen MR) is 77.4 cm³/mol. The zero-order valence-corrected chi connectivity index (χ0v) is 12.2. The van der Waals surface area contributed by atoms with E-state index in [9.17, 15) is 9.90 Å². The van der Waals surface area contributed by atoms with Gasteiger partial charge in [0.05, 0.1) is 11.2 Å². The van der Waals surface area contributed by atoms with Gasteiger partial charge in [-0.2, -0.15) is 0 Å². The van der Waals surface area contributed by atoms with Gasteiger partial charge in [-0.05, 0) is 33.0 Å². The number of ether oxygens (including phenoxy) is 1. The van der Waals surface area contributed by atoms with Crippen molar-refractivity contribution in [2.45, 2.75) is 19.4 Å². The Hall–Kier alpha value is -1.63. The first kappa shape index (κ1) is 16.4. The molecule has 1 rings (SSSR count). The lowest BCUT2D eigenvalue weighted by Gasteiger charge is -2.25. The van der Waals surface area contributed by atoms with Crippen molar-refractivity contribution < 1.29 is 14.6 Å². The number of nitrogen functional groups attached to an aromatic ring is 1. The molecule has 112 valence electrons. The van der Waals surface area contributed by atoms with E-state index in [1.165, 1.54) is 0 Å². The van der Waals surface area contributed by atoms with Crippen LogP contribution in [0.2, 0.25) is 0 Å². The highest BCUT2D eigenvalue weighted by Crippen LogP contribution is 2.17. The Balaban J connectivity index is 2.52. The lowest BCUT2D eigenvalue weighted by molar-refractivity contribution is 0.0411. The molecular weight excluding hydrogens is 258 g/mol. The number of hydrogen-bond donors (Lipinski definition) is 3. The SMILES string of the molecule is CN(CCOc1ccccc1C(=O)NN)CC(C)(C)O. The van der Waals surface area contributed by atoms with Crippen LogP contribution in [0.5, 0.6) is 5.75 Å². The number of para-hydroxylation sites is 1. The number of nitrogens with two attached hydrogens (primary N) is 1. The minimum Gasteiger partial charge on any atom is -0.491 e. The summed E-state index contributed by atoms with van der Waals surface area (Å²) in [5.41, 5.74) is 1.75. The van der Waals surface area contributed by atoms with Gasteiger partial charge in [-0.25, -0.2) is 5.84 Å². The van der Waals surface area contributed by atoms with E-state index in [-0.39, 0.29) is 5.91 Å². The second-order valence-corrected chi connectivity index (χ2v) is 5.37. The van der Waals surface area contributed by atoms with Gasteiger partial charge in [-0.3, -0.25) is 10.2 Å². The van der Waals surface area contributed by atoms with E-state index in [0.29, 0.717) is 31.0 Å². The van der Waals surface area contributed by atoms with Crippen LogP contribution in [-0.4, -0.2) is 48.3 Å². The molecule has 0 spiro atoms. The normalized spacial score (nSPS) is 11.5. The average molecular weight is 281 g/mol. The van der Waals surface area contributed by atoms with E-state index in [0.717, 1.165) is 0 Å². The van der Waals surface area contributed by atoms with Crippen molar-refractivity contribution in [1.82, 2.24) is 10.3 Å². The van der Waals surface area contributed by atoms with Gasteiger partial charge in [0, 0.05) is 13.1 Å². The topological polar surface area (TPSA) is 87.8 Å². The third-order valence-electron chi connectivity index (χ3n) is 2.65. The maximum atomic E-state index is 11.6. The molecule has 0 aliphatic rings. The van der Waals surface area contributed by atoms with Crippen LogP contribution in [-0.2, 0) is 0 Å². The van der Waals surface area contributed by atoms with Gasteiger partial charge in [-0.1, -0.05) is 12.1 Å². The maximum absolute atomic E-state index is 11.6. The molecule has 6 nitrogen and oxygen atoms in total. The van der Waals surface area contributed by atoms with Gasteiger partial charge in [0.2, 0.25) is 0 Å². The van der Waals surface area contributed by atoms with Crippen LogP contribution in [0.15, 0.2) is 24.3 Å². The quantitative estimate of drug-likeness (QED) is 0.382. The zero-order valence-electron chi connectivity index (χ0n) is 12.2. The summed E-state index contributed by atoms with van der Waals surface area (Å²) in [7, 11) is 1.90. The second kappa shape index (κ2) is 7.23. The highest BCUT2D eigenvalue weighted by molar-refractivity contribution is 5.96. The highest BCUT2D eigenvalue weighted by Gasteiger charge is 2.16. The molecule has 0 saturated carbocycles. The Morgan fingerprint density at radius 1 is 1.45 bits per heavy atom. The van der Waals surface area contributed by atoms with Gasteiger partial charge >= 0.3 is 0 Å². The number of carbonyl (C=O) groups excluding carboxylic acids is 1. The molecule has 1 amide bonds. The van der Waals surface area contributed by atoms with Crippen LogP contribution < -0.4 is 16.0 Å². The zero-order chi connectivity index (χ0) is 15.2. The molecule has 0 fully saturated rings. The molecule has 0 aromatic heterocycles. The fourth-order valence-corrected chi connectivity index (χ4v) is 1.91. The van der Waals surface area contributed by atoms with Crippen molar-refractivity contribution in [1.29, 1.82) is 0 Å². The van der Waals surface area contributed by atoms with Gasteiger partial charge < -0.3 is 14.7 Å². The highest BCUT2D eigenvalue weighted by atomic mass is 16.5. The fraction of sp³-hybridized carbons (Fsp3) is 0.500. The Bertz CT molecular complexity index is 444. The minimum atomic E-state index is -0.744. The minimum absolute atomic E-state index is 0.384. The van der Waals surface area contributed by atoms with Crippen LogP contribution >= 0.6 is 0 Å². The van der Waals surface area contributed by atoms with Crippen molar-refractivity contribution >= 4 is 5.91 Å². The maximum Gasteiger partial charge on any atom is 0.268 e. The van der Waals surface area contributed by atoms with Crippen LogP contribution in [0, 0.1) is 0 Å². The summed E-state index contributed by atoms with van der Waals surface area (Å²) in [6, 6.07) is 6.92. The third kappa shape index (κ3) is 5.56. The summed E-state index contributed by atoms with van der Waals surface area (Å²) in [4.78, 5) is 13.5. The molecule has 0 aliphatic carbocycles. The van der Waals surface area contributed by atoms with E-state index >= 15 is 0 Å². The van der Waals surface area contributed by atoms with Crippen LogP contribution in [0.1, 0.15) is 24.2 Å². The Kier molecular flexibility index (Phi) is 5.94. The fourth-order valence-electron chi connectivity index (χ4n) is 1.91. The molecule has 0 saturated heterocycles. The number of rotatable bonds is 7. The first-order valence-electron chi connectivity index (χ1n) is 6.47. The molecule has 4 N–H and O–H groups in total. The summed E-state index contributed by atoms with van der Waals surface area (Å²) in [5.74, 6) is 5.24. The van der Waals surface area contributed by atoms with Gasteiger partial charge in [0.1, 0.15) is 12.4 Å². The van der Waals surface area contributed by atoms with Crippen molar-refractivity contribution in [3.05, 3.63) is 29.8 Å². The Labute approximate surface area is 119 Å². The summed E-state index contributed by atoms with van der Waals surface area (Å²) in [6.45, 7) is 5.11. The molecule has 0 atom stereocenters. The number of hydrazine groups is 1. The smallest absolute Gasteiger partial charge is 0.268 e. The second-order valence-electron chi connectivity index (χ2n) is 5.37. The standard InChI is InChI=1S/C14H23N3O3/c1-14(2,19)10-17(3)8-9-20-12-7-5-4-6-11(12)13(18)16-15/h4-7,19H,8-10,15H2,1-3H3,(H,16,18). The lowest BCUT2D eigenvalue weighted by Crippen LogP contribution is -2.38. The Morgan fingerprint density at radius 2 is 2.10 bits per heavy atom. The van der Waals surface area contributed by atoms with Crippen molar-refractivity contribution in [3.8, 4) is 5.75 Å². The predicted octanol–water partition coefficient (Wildman–Crippen LogP) is 0.372. The molecule has 0 radical (unpaired) electrons. The molecule has 20 heavy (non-hydrogen) atoms. The van der Waals surface area contributed by atoms with Crippen molar-refractivity contribution in [3.63, 3.8) is 0 Å². The summed E-state index contributed by atoms with van der Waals surface area (Å²) >= 11 is 0. The van der Waals surface area contributed by atoms with Gasteiger partial charge in [0.15, 0.2) is 0 Å². The van der Waals surface area contributed by atoms with Crippen LogP contribution in [0.25, 0.3) is 0 Å². The Morgan fingerprint density at radius 3 is 2.70 bits per heavy atom. The molecular formula is C14H23N3O3. The van der Waals surface area contributed by atoms with Crippen molar-refractivity contribution in [2.24, 2.45) is 5.84 Å².